The van der Waals surface area contributed by atoms with Crippen LogP contribution < -0.4 is 0 Å². The van der Waals surface area contributed by atoms with Crippen molar-refractivity contribution < 1.29 is 0 Å². The Morgan fingerprint density at radius 2 is 1.65 bits per heavy atom. The van der Waals surface area contributed by atoms with E-state index < -0.39 is 0 Å². The maximum absolute atomic E-state index is 4.93. The molecule has 2 aromatic carbocycles. The van der Waals surface area contributed by atoms with Crippen LogP contribution in [0.1, 0.15) is 49.1 Å². The first-order valence-electron chi connectivity index (χ1n) is 8.29. The zero-order chi connectivity index (χ0) is 16.0. The van der Waals surface area contributed by atoms with Gasteiger partial charge in [0, 0.05) is 24.1 Å². The molecule has 0 radical (unpaired) electrons. The van der Waals surface area contributed by atoms with Crippen molar-refractivity contribution in [1.82, 2.24) is 9.78 Å². The summed E-state index contributed by atoms with van der Waals surface area (Å²) in [5.41, 5.74) is 6.69. The number of aromatic nitrogens is 2. The lowest BCUT2D eigenvalue weighted by Gasteiger charge is -2.26. The van der Waals surface area contributed by atoms with Crippen LogP contribution in [0.25, 0.3) is 5.69 Å². The van der Waals surface area contributed by atoms with Crippen molar-refractivity contribution >= 4 is 0 Å². The normalized spacial score (nSPS) is 18.8. The molecule has 1 heterocycles. The molecule has 0 saturated carbocycles. The van der Waals surface area contributed by atoms with Crippen LogP contribution in [-0.4, -0.2) is 9.78 Å². The minimum atomic E-state index is 0.103. The number of nitrogens with zero attached hydrogens (tertiary/aromatic N) is 2. The van der Waals surface area contributed by atoms with E-state index in [1.807, 2.05) is 10.7 Å². The van der Waals surface area contributed by atoms with Gasteiger partial charge in [-0.3, -0.25) is 0 Å². The van der Waals surface area contributed by atoms with E-state index >= 15 is 0 Å². The SMILES string of the molecule is CC1c2ccccc2C(C)(C)Cc2nn(-c3ccccc3)cc21. The second-order valence-electron chi connectivity index (χ2n) is 7.18. The minimum Gasteiger partial charge on any atom is -0.240 e. The van der Waals surface area contributed by atoms with Gasteiger partial charge in [-0.15, -0.1) is 0 Å². The summed E-state index contributed by atoms with van der Waals surface area (Å²) in [5, 5.41) is 4.93. The number of hydrogen-bond donors (Lipinski definition) is 0. The van der Waals surface area contributed by atoms with E-state index in [2.05, 4.69) is 75.5 Å². The highest BCUT2D eigenvalue weighted by Gasteiger charge is 2.33. The summed E-state index contributed by atoms with van der Waals surface area (Å²) in [7, 11) is 0. The van der Waals surface area contributed by atoms with E-state index in [1.165, 1.54) is 22.4 Å². The molecule has 0 N–H and O–H groups in total. The van der Waals surface area contributed by atoms with Crippen LogP contribution in [0.2, 0.25) is 0 Å². The molecule has 1 aromatic heterocycles. The molecule has 0 fully saturated rings. The molecule has 0 saturated heterocycles. The molecule has 2 nitrogen and oxygen atoms in total. The topological polar surface area (TPSA) is 17.8 Å². The van der Waals surface area contributed by atoms with E-state index in [0.717, 1.165) is 12.1 Å². The Morgan fingerprint density at radius 3 is 2.43 bits per heavy atom. The molecule has 2 heteroatoms. The maximum Gasteiger partial charge on any atom is 0.0675 e. The Bertz CT molecular complexity index is 843. The molecule has 1 atom stereocenters. The lowest BCUT2D eigenvalue weighted by atomic mass is 9.79. The van der Waals surface area contributed by atoms with E-state index in [-0.39, 0.29) is 5.41 Å². The molecule has 0 spiro atoms. The van der Waals surface area contributed by atoms with E-state index in [9.17, 15) is 0 Å². The molecular weight excluding hydrogens is 280 g/mol. The predicted octanol–water partition coefficient (Wildman–Crippen LogP) is 4.86. The van der Waals surface area contributed by atoms with Crippen LogP contribution in [-0.2, 0) is 11.8 Å². The second-order valence-corrected chi connectivity index (χ2v) is 7.18. The molecule has 0 bridgehead atoms. The highest BCUT2D eigenvalue weighted by molar-refractivity contribution is 5.47. The summed E-state index contributed by atoms with van der Waals surface area (Å²) in [5.74, 6) is 0.375. The average molecular weight is 302 g/mol. The van der Waals surface area contributed by atoms with Crippen LogP contribution in [0.4, 0.5) is 0 Å². The van der Waals surface area contributed by atoms with Gasteiger partial charge < -0.3 is 0 Å². The van der Waals surface area contributed by atoms with Gasteiger partial charge in [-0.2, -0.15) is 5.10 Å². The van der Waals surface area contributed by atoms with Gasteiger partial charge in [0.1, 0.15) is 0 Å². The maximum atomic E-state index is 4.93. The Labute approximate surface area is 137 Å². The highest BCUT2D eigenvalue weighted by Crippen LogP contribution is 2.41. The third-order valence-electron chi connectivity index (χ3n) is 5.08. The van der Waals surface area contributed by atoms with Crippen LogP contribution in [0.15, 0.2) is 60.8 Å². The van der Waals surface area contributed by atoms with Gasteiger partial charge in [0.25, 0.3) is 0 Å². The Hall–Kier alpha value is -2.35. The van der Waals surface area contributed by atoms with Gasteiger partial charge in [-0.1, -0.05) is 63.2 Å². The summed E-state index contributed by atoms with van der Waals surface area (Å²) in [6, 6.07) is 19.2. The smallest absolute Gasteiger partial charge is 0.0675 e. The second kappa shape index (κ2) is 5.09. The van der Waals surface area contributed by atoms with Crippen LogP contribution in [0, 0.1) is 0 Å². The molecule has 1 unspecified atom stereocenters. The minimum absolute atomic E-state index is 0.103. The fraction of sp³-hybridized carbons (Fsp3) is 0.286. The first-order valence-corrected chi connectivity index (χ1v) is 8.29. The quantitative estimate of drug-likeness (QED) is 0.628. The number of benzene rings is 2. The molecule has 116 valence electrons. The van der Waals surface area contributed by atoms with Crippen molar-refractivity contribution in [2.45, 2.75) is 38.5 Å². The predicted molar refractivity (Wildman–Crippen MR) is 94.3 cm³/mol. The van der Waals surface area contributed by atoms with Crippen LogP contribution in [0.5, 0.6) is 0 Å². The molecule has 1 aliphatic carbocycles. The fourth-order valence-corrected chi connectivity index (χ4v) is 3.81. The lowest BCUT2D eigenvalue weighted by Crippen LogP contribution is -2.21. The Kier molecular flexibility index (Phi) is 3.15. The molecular formula is C21H22N2. The van der Waals surface area contributed by atoms with Crippen LogP contribution >= 0.6 is 0 Å². The van der Waals surface area contributed by atoms with E-state index in [0.29, 0.717) is 5.92 Å². The average Bonchev–Trinajstić information content (AvgIpc) is 2.95. The van der Waals surface area contributed by atoms with Crippen molar-refractivity contribution in [3.8, 4) is 5.69 Å². The fourth-order valence-electron chi connectivity index (χ4n) is 3.81. The number of para-hydroxylation sites is 1. The molecule has 0 amide bonds. The third kappa shape index (κ3) is 2.29. The van der Waals surface area contributed by atoms with Crippen molar-refractivity contribution in [1.29, 1.82) is 0 Å². The van der Waals surface area contributed by atoms with Gasteiger partial charge in [0.15, 0.2) is 0 Å². The van der Waals surface area contributed by atoms with Gasteiger partial charge in [0.05, 0.1) is 11.4 Å². The van der Waals surface area contributed by atoms with Gasteiger partial charge in [-0.05, 0) is 28.7 Å². The molecule has 1 aliphatic rings. The zero-order valence-corrected chi connectivity index (χ0v) is 14.0. The summed E-state index contributed by atoms with van der Waals surface area (Å²) >= 11 is 0. The zero-order valence-electron chi connectivity index (χ0n) is 14.0. The number of hydrogen-bond acceptors (Lipinski definition) is 1. The number of rotatable bonds is 1. The summed E-state index contributed by atoms with van der Waals surface area (Å²) in [6.07, 6.45) is 3.19. The van der Waals surface area contributed by atoms with Crippen molar-refractivity contribution in [3.05, 3.63) is 83.2 Å². The van der Waals surface area contributed by atoms with E-state index in [4.69, 9.17) is 5.10 Å². The summed E-state index contributed by atoms with van der Waals surface area (Å²) in [6.45, 7) is 6.96. The first kappa shape index (κ1) is 14.3. The molecule has 4 rings (SSSR count). The third-order valence-corrected chi connectivity index (χ3v) is 5.08. The van der Waals surface area contributed by atoms with Crippen LogP contribution in [0.3, 0.4) is 0 Å². The Morgan fingerprint density at radius 1 is 0.957 bits per heavy atom. The molecule has 23 heavy (non-hydrogen) atoms. The van der Waals surface area contributed by atoms with Gasteiger partial charge in [0.2, 0.25) is 0 Å². The highest BCUT2D eigenvalue weighted by atomic mass is 15.3. The largest absolute Gasteiger partial charge is 0.240 e. The van der Waals surface area contributed by atoms with E-state index in [1.54, 1.807) is 0 Å². The van der Waals surface area contributed by atoms with Crippen molar-refractivity contribution in [2.24, 2.45) is 0 Å². The molecule has 0 aliphatic heterocycles. The van der Waals surface area contributed by atoms with Gasteiger partial charge in [-0.25, -0.2) is 4.68 Å². The summed E-state index contributed by atoms with van der Waals surface area (Å²) in [4.78, 5) is 0. The van der Waals surface area contributed by atoms with Crippen molar-refractivity contribution in [3.63, 3.8) is 0 Å². The number of fused-ring (bicyclic) bond motifs is 2. The van der Waals surface area contributed by atoms with Gasteiger partial charge >= 0.3 is 0 Å². The lowest BCUT2D eigenvalue weighted by molar-refractivity contribution is 0.513. The Balaban J connectivity index is 1.88. The first-order chi connectivity index (χ1) is 11.1. The van der Waals surface area contributed by atoms with Crippen molar-refractivity contribution in [2.75, 3.05) is 0 Å². The monoisotopic (exact) mass is 302 g/mol. The molecule has 3 aromatic rings. The summed E-state index contributed by atoms with van der Waals surface area (Å²) < 4.78 is 2.03. The standard InChI is InChI=1S/C21H22N2/c1-15-17-11-7-8-12-19(17)21(2,3)13-20-18(15)14-23(22-20)16-9-5-4-6-10-16/h4-12,14-15H,13H2,1-3H3.